The number of nitrogens with zero attached hydrogens (tertiary/aromatic N) is 3. The number of aromatic hydroxyl groups is 1. The Kier molecular flexibility index (Phi) is 11.5. The molecule has 1 spiro atoms. The predicted octanol–water partition coefficient (Wildman–Crippen LogP) is 5.95. The summed E-state index contributed by atoms with van der Waals surface area (Å²) in [6, 6.07) is 0. The summed E-state index contributed by atoms with van der Waals surface area (Å²) in [5.74, 6) is -2.10. The zero-order valence-electron chi connectivity index (χ0n) is 36.9. The van der Waals surface area contributed by atoms with Crippen LogP contribution in [-0.2, 0) is 30.2 Å². The summed E-state index contributed by atoms with van der Waals surface area (Å²) >= 11 is 0. The lowest BCUT2D eigenvalue weighted by Crippen LogP contribution is -2.80. The number of fused-ring (bicyclic) bond motifs is 2. The van der Waals surface area contributed by atoms with Crippen molar-refractivity contribution in [2.45, 2.75) is 109 Å². The standard InChI is InChI=1S/C48H65N3O9/c1-30(2)11-9-16-46(7)18-15-32-39(53)37-40(54)38-43(57-28-25-50-23-26-56-27-24-50)34-29-35-45(5,6)60-47(44(34)55,17-10-12-36(52)51-21-19-49(8)20-22-51)48(35,38)59-42(37)33(41(32)58-46)14-13-31(3)4/h10-13,15,18,34-35,38,43,53H,9,14,16-17,19-29H2,1-8H3/b12-10+/t34-,35?,38?,43?,46+,47-,48-/m0/s1. The number of carbonyl (C=O) groups is 3. The third kappa shape index (κ3) is 7.17. The summed E-state index contributed by atoms with van der Waals surface area (Å²) in [6.07, 6.45) is 13.0. The van der Waals surface area contributed by atoms with Gasteiger partial charge in [-0.05, 0) is 99.4 Å². The molecule has 3 saturated carbocycles. The summed E-state index contributed by atoms with van der Waals surface area (Å²) < 4.78 is 33.9. The number of phenolic OH excluding ortho intramolecular Hbond substituents is 1. The molecule has 6 fully saturated rings. The SMILES string of the molecule is CC(C)=CCC[C@]1(C)C=Cc2c(O)c3c(c(CC=C(C)C)c2O1)O[C@]12C(C3=O)C(OCCN3CCOCC3)[C@@H]3CC1C(C)(C)O[C@@]2(C/C=C/C(=O)N1CCN(C)CC1)C3=O. The highest BCUT2D eigenvalue weighted by Crippen LogP contribution is 2.71. The smallest absolute Gasteiger partial charge is 0.246 e. The Balaban J connectivity index is 1.26. The first-order valence-electron chi connectivity index (χ1n) is 22.1. The molecule has 12 nitrogen and oxygen atoms in total. The van der Waals surface area contributed by atoms with Crippen LogP contribution < -0.4 is 9.47 Å². The van der Waals surface area contributed by atoms with Crippen LogP contribution in [-0.4, -0.2) is 138 Å². The maximum absolute atomic E-state index is 15.8. The van der Waals surface area contributed by atoms with Gasteiger partial charge in [0.05, 0.1) is 43.0 Å². The molecule has 326 valence electrons. The summed E-state index contributed by atoms with van der Waals surface area (Å²) in [4.78, 5) is 51.0. The number of rotatable bonds is 12. The zero-order chi connectivity index (χ0) is 42.8. The van der Waals surface area contributed by atoms with Crippen LogP contribution in [0, 0.1) is 17.8 Å². The Hall–Kier alpha value is -3.81. The van der Waals surface area contributed by atoms with Gasteiger partial charge in [0, 0.05) is 69.6 Å². The number of phenols is 1. The molecule has 9 rings (SSSR count). The van der Waals surface area contributed by atoms with Crippen molar-refractivity contribution in [3.8, 4) is 17.2 Å². The molecule has 0 aromatic heterocycles. The minimum absolute atomic E-state index is 0.0449. The number of piperazine rings is 1. The van der Waals surface area contributed by atoms with Gasteiger partial charge in [-0.2, -0.15) is 0 Å². The second kappa shape index (κ2) is 16.1. The number of amides is 1. The molecule has 1 amide bonds. The predicted molar refractivity (Wildman–Crippen MR) is 228 cm³/mol. The Bertz CT molecular complexity index is 2020. The van der Waals surface area contributed by atoms with Gasteiger partial charge in [0.15, 0.2) is 22.8 Å². The molecule has 5 aliphatic heterocycles. The summed E-state index contributed by atoms with van der Waals surface area (Å²) in [5, 5.41) is 12.3. The first-order chi connectivity index (χ1) is 28.5. The van der Waals surface area contributed by atoms with Crippen molar-refractivity contribution in [3.05, 3.63) is 58.2 Å². The highest BCUT2D eigenvalue weighted by Gasteiger charge is 2.85. The summed E-state index contributed by atoms with van der Waals surface area (Å²) in [6.45, 7) is 20.8. The number of ketones is 2. The highest BCUT2D eigenvalue weighted by molar-refractivity contribution is 6.10. The molecule has 1 N–H and O–H groups in total. The third-order valence-corrected chi connectivity index (χ3v) is 14.3. The minimum Gasteiger partial charge on any atom is -0.506 e. The lowest BCUT2D eigenvalue weighted by molar-refractivity contribution is -0.227. The van der Waals surface area contributed by atoms with Crippen molar-refractivity contribution in [2.24, 2.45) is 17.8 Å². The quantitative estimate of drug-likeness (QED) is 0.199. The van der Waals surface area contributed by atoms with E-state index in [1.54, 1.807) is 12.2 Å². The van der Waals surface area contributed by atoms with Gasteiger partial charge in [-0.1, -0.05) is 29.4 Å². The third-order valence-electron chi connectivity index (χ3n) is 14.3. The first-order valence-corrected chi connectivity index (χ1v) is 22.1. The molecule has 7 atom stereocenters. The Morgan fingerprint density at radius 2 is 1.68 bits per heavy atom. The van der Waals surface area contributed by atoms with Crippen LogP contribution >= 0.6 is 0 Å². The zero-order valence-corrected chi connectivity index (χ0v) is 36.9. The number of hydrogen-bond donors (Lipinski definition) is 1. The lowest BCUT2D eigenvalue weighted by Gasteiger charge is -2.62. The van der Waals surface area contributed by atoms with Crippen molar-refractivity contribution in [2.75, 3.05) is 72.7 Å². The van der Waals surface area contributed by atoms with Gasteiger partial charge >= 0.3 is 0 Å². The van der Waals surface area contributed by atoms with Crippen molar-refractivity contribution in [1.82, 2.24) is 14.7 Å². The average Bonchev–Trinajstić information content (AvgIpc) is 3.33. The Morgan fingerprint density at radius 1 is 0.967 bits per heavy atom. The molecule has 1 aromatic carbocycles. The van der Waals surface area contributed by atoms with Crippen LogP contribution in [0.15, 0.2) is 41.5 Å². The molecule has 12 heteroatoms. The van der Waals surface area contributed by atoms with E-state index < -0.39 is 40.3 Å². The Morgan fingerprint density at radius 3 is 2.38 bits per heavy atom. The average molecular weight is 828 g/mol. The number of carbonyl (C=O) groups excluding carboxylic acids is 3. The fourth-order valence-corrected chi connectivity index (χ4v) is 11.2. The van der Waals surface area contributed by atoms with Crippen molar-refractivity contribution < 1.29 is 43.2 Å². The van der Waals surface area contributed by atoms with E-state index in [2.05, 4.69) is 35.8 Å². The second-order valence-corrected chi connectivity index (χ2v) is 19.4. The highest BCUT2D eigenvalue weighted by atomic mass is 16.6. The van der Waals surface area contributed by atoms with Crippen LogP contribution in [0.4, 0.5) is 0 Å². The molecule has 60 heavy (non-hydrogen) atoms. The second-order valence-electron chi connectivity index (χ2n) is 19.4. The molecule has 3 saturated heterocycles. The van der Waals surface area contributed by atoms with E-state index >= 15 is 9.59 Å². The van der Waals surface area contributed by atoms with Gasteiger partial charge in [-0.25, -0.2) is 0 Å². The maximum Gasteiger partial charge on any atom is 0.246 e. The van der Waals surface area contributed by atoms with Gasteiger partial charge in [0.25, 0.3) is 0 Å². The Labute approximate surface area is 355 Å². The molecule has 5 heterocycles. The molecule has 8 aliphatic rings. The number of benzene rings is 1. The number of ether oxygens (including phenoxy) is 5. The fraction of sp³-hybridized carbons (Fsp3) is 0.646. The number of allylic oxidation sites excluding steroid dienone is 4. The molecular formula is C48H65N3O9. The molecule has 1 aromatic rings. The normalized spacial score (nSPS) is 32.9. The van der Waals surface area contributed by atoms with Crippen LogP contribution in [0.2, 0.25) is 0 Å². The minimum atomic E-state index is -1.61. The molecule has 4 bridgehead atoms. The van der Waals surface area contributed by atoms with Gasteiger partial charge in [-0.3, -0.25) is 19.3 Å². The van der Waals surface area contributed by atoms with Crippen molar-refractivity contribution in [3.63, 3.8) is 0 Å². The largest absolute Gasteiger partial charge is 0.506 e. The van der Waals surface area contributed by atoms with E-state index in [0.717, 1.165) is 38.2 Å². The topological polar surface area (TPSA) is 127 Å². The van der Waals surface area contributed by atoms with Crippen LogP contribution in [0.3, 0.4) is 0 Å². The van der Waals surface area contributed by atoms with Gasteiger partial charge in [0.2, 0.25) is 5.91 Å². The lowest BCUT2D eigenvalue weighted by atomic mass is 9.45. The van der Waals surface area contributed by atoms with E-state index in [4.69, 9.17) is 23.7 Å². The van der Waals surface area contributed by atoms with Crippen LogP contribution in [0.25, 0.3) is 6.08 Å². The molecule has 3 aliphatic carbocycles. The van der Waals surface area contributed by atoms with E-state index in [0.29, 0.717) is 75.6 Å². The van der Waals surface area contributed by atoms with Gasteiger partial charge < -0.3 is 38.6 Å². The van der Waals surface area contributed by atoms with Crippen LogP contribution in [0.1, 0.15) is 95.6 Å². The number of likely N-dealkylation sites (N-methyl/N-ethyl adjacent to an activating group) is 1. The molecule has 0 radical (unpaired) electrons. The number of morpholine rings is 1. The summed E-state index contributed by atoms with van der Waals surface area (Å²) in [7, 11) is 2.04. The summed E-state index contributed by atoms with van der Waals surface area (Å²) in [5.41, 5.74) is -1.20. The van der Waals surface area contributed by atoms with Gasteiger partial charge in [-0.15, -0.1) is 0 Å². The van der Waals surface area contributed by atoms with E-state index in [-0.39, 0.29) is 46.9 Å². The van der Waals surface area contributed by atoms with E-state index in [9.17, 15) is 9.90 Å². The monoisotopic (exact) mass is 827 g/mol. The number of hydrogen-bond acceptors (Lipinski definition) is 11. The number of Topliss-reactive ketones (excluding diaryl/α,β-unsaturated/α-hetero) is 2. The first kappa shape index (κ1) is 42.9. The van der Waals surface area contributed by atoms with Crippen molar-refractivity contribution in [1.29, 1.82) is 0 Å². The fourth-order valence-electron chi connectivity index (χ4n) is 11.2. The van der Waals surface area contributed by atoms with E-state index in [1.807, 2.05) is 58.7 Å². The molecular weight excluding hydrogens is 763 g/mol. The van der Waals surface area contributed by atoms with Gasteiger partial charge in [0.1, 0.15) is 28.4 Å². The molecule has 3 unspecified atom stereocenters. The maximum atomic E-state index is 15.8. The van der Waals surface area contributed by atoms with Crippen molar-refractivity contribution >= 4 is 23.5 Å². The van der Waals surface area contributed by atoms with Crippen LogP contribution in [0.5, 0.6) is 17.2 Å². The van der Waals surface area contributed by atoms with E-state index in [1.165, 1.54) is 5.57 Å².